The molecule has 1 aromatic heterocycles. The summed E-state index contributed by atoms with van der Waals surface area (Å²) >= 11 is 0. The van der Waals surface area contributed by atoms with Gasteiger partial charge in [-0.25, -0.2) is 22.7 Å². The highest BCUT2D eigenvalue weighted by Gasteiger charge is 2.29. The molecule has 0 aromatic carbocycles. The third kappa shape index (κ3) is 3.41. The van der Waals surface area contributed by atoms with E-state index >= 15 is 0 Å². The lowest BCUT2D eigenvalue weighted by molar-refractivity contribution is 0.311. The highest BCUT2D eigenvalue weighted by Crippen LogP contribution is 2.28. The van der Waals surface area contributed by atoms with Crippen LogP contribution in [0.15, 0.2) is 6.07 Å². The maximum absolute atomic E-state index is 11.8. The third-order valence-electron chi connectivity index (χ3n) is 4.51. The van der Waals surface area contributed by atoms with E-state index in [4.69, 9.17) is 4.98 Å². The monoisotopic (exact) mass is 324 g/mol. The number of aryl methyl sites for hydroxylation is 1. The van der Waals surface area contributed by atoms with Gasteiger partial charge in [0.05, 0.1) is 6.26 Å². The van der Waals surface area contributed by atoms with Crippen molar-refractivity contribution < 1.29 is 8.42 Å². The summed E-state index contributed by atoms with van der Waals surface area (Å²) < 4.78 is 25.1. The zero-order chi connectivity index (χ0) is 15.7. The van der Waals surface area contributed by atoms with Crippen molar-refractivity contribution in [1.29, 1.82) is 0 Å². The largest absolute Gasteiger partial charge is 0.357 e. The lowest BCUT2D eigenvalue weighted by Crippen LogP contribution is -2.39. The molecule has 2 fully saturated rings. The van der Waals surface area contributed by atoms with Crippen LogP contribution in [-0.2, 0) is 10.0 Å². The van der Waals surface area contributed by atoms with Crippen molar-refractivity contribution >= 4 is 15.8 Å². The second-order valence-electron chi connectivity index (χ2n) is 6.38. The van der Waals surface area contributed by atoms with Gasteiger partial charge in [0.1, 0.15) is 11.6 Å². The van der Waals surface area contributed by atoms with Crippen LogP contribution >= 0.6 is 0 Å². The number of nitrogens with zero attached hydrogens (tertiary/aromatic N) is 4. The van der Waals surface area contributed by atoms with Gasteiger partial charge in [-0.1, -0.05) is 0 Å². The van der Waals surface area contributed by atoms with Gasteiger partial charge in [0.15, 0.2) is 0 Å². The Bertz CT molecular complexity index is 641. The maximum Gasteiger partial charge on any atom is 0.211 e. The molecule has 0 spiro atoms. The molecule has 6 nitrogen and oxygen atoms in total. The molecule has 0 saturated carbocycles. The summed E-state index contributed by atoms with van der Waals surface area (Å²) in [5, 5.41) is 0. The molecular formula is C15H24N4O2S. The van der Waals surface area contributed by atoms with E-state index in [1.165, 1.54) is 19.1 Å². The Morgan fingerprint density at radius 1 is 1.14 bits per heavy atom. The van der Waals surface area contributed by atoms with E-state index in [2.05, 4.69) is 9.88 Å². The molecule has 1 atom stereocenters. The van der Waals surface area contributed by atoms with Crippen LogP contribution in [0.3, 0.4) is 0 Å². The Balaban J connectivity index is 1.84. The Hall–Kier alpha value is -1.21. The van der Waals surface area contributed by atoms with Crippen molar-refractivity contribution in [2.75, 3.05) is 37.3 Å². The van der Waals surface area contributed by atoms with Gasteiger partial charge in [0.2, 0.25) is 10.0 Å². The van der Waals surface area contributed by atoms with E-state index in [-0.39, 0.29) is 5.92 Å². The van der Waals surface area contributed by atoms with E-state index in [1.807, 2.05) is 13.0 Å². The molecule has 22 heavy (non-hydrogen) atoms. The summed E-state index contributed by atoms with van der Waals surface area (Å²) in [5.41, 5.74) is 0.961. The van der Waals surface area contributed by atoms with Crippen molar-refractivity contribution in [3.05, 3.63) is 17.6 Å². The fourth-order valence-electron chi connectivity index (χ4n) is 3.32. The molecule has 2 saturated heterocycles. The Labute approximate surface area is 132 Å². The van der Waals surface area contributed by atoms with Gasteiger partial charge in [-0.15, -0.1) is 0 Å². The number of piperidine rings is 1. The van der Waals surface area contributed by atoms with E-state index in [0.717, 1.165) is 43.3 Å². The normalized spacial score (nSPS) is 23.9. The number of anilines is 1. The molecular weight excluding hydrogens is 300 g/mol. The summed E-state index contributed by atoms with van der Waals surface area (Å²) in [7, 11) is -3.14. The van der Waals surface area contributed by atoms with Crippen LogP contribution in [0, 0.1) is 6.92 Å². The summed E-state index contributed by atoms with van der Waals surface area (Å²) in [6, 6.07) is 2.03. The predicted molar refractivity (Wildman–Crippen MR) is 86.6 cm³/mol. The van der Waals surface area contributed by atoms with Crippen molar-refractivity contribution in [3.8, 4) is 0 Å². The molecule has 0 bridgehead atoms. The number of aromatic nitrogens is 2. The van der Waals surface area contributed by atoms with Crippen molar-refractivity contribution in [2.24, 2.45) is 0 Å². The zero-order valence-electron chi connectivity index (χ0n) is 13.3. The summed E-state index contributed by atoms with van der Waals surface area (Å²) in [4.78, 5) is 11.6. The Morgan fingerprint density at radius 2 is 1.86 bits per heavy atom. The summed E-state index contributed by atoms with van der Waals surface area (Å²) in [5.74, 6) is 1.90. The first-order chi connectivity index (χ1) is 10.4. The van der Waals surface area contributed by atoms with Crippen LogP contribution in [0.5, 0.6) is 0 Å². The molecule has 0 amide bonds. The lowest BCUT2D eigenvalue weighted by atomic mass is 9.98. The van der Waals surface area contributed by atoms with Gasteiger partial charge in [0.25, 0.3) is 0 Å². The number of sulfonamides is 1. The molecule has 0 radical (unpaired) electrons. The number of hydrogen-bond acceptors (Lipinski definition) is 5. The van der Waals surface area contributed by atoms with E-state index in [9.17, 15) is 8.42 Å². The van der Waals surface area contributed by atoms with Gasteiger partial charge in [-0.2, -0.15) is 0 Å². The second kappa shape index (κ2) is 6.12. The number of hydrogen-bond donors (Lipinski definition) is 0. The maximum atomic E-state index is 11.8. The minimum absolute atomic E-state index is 0.102. The topological polar surface area (TPSA) is 66.4 Å². The molecule has 2 aliphatic heterocycles. The standard InChI is InChI=1S/C15H24N4O2S/c1-12-10-14(18-7-3-4-8-18)17-15(16-12)13-6-5-9-19(11-13)22(2,20)21/h10,13H,3-9,11H2,1-2H3/t13-/m1/s1. The van der Waals surface area contributed by atoms with Gasteiger partial charge >= 0.3 is 0 Å². The molecule has 0 aliphatic carbocycles. The van der Waals surface area contributed by atoms with Gasteiger partial charge in [0, 0.05) is 43.9 Å². The summed E-state index contributed by atoms with van der Waals surface area (Å²) in [6.45, 7) is 5.20. The van der Waals surface area contributed by atoms with Crippen LogP contribution in [0.1, 0.15) is 43.1 Å². The lowest BCUT2D eigenvalue weighted by Gasteiger charge is -2.30. The first kappa shape index (κ1) is 15.7. The molecule has 0 N–H and O–H groups in total. The highest BCUT2D eigenvalue weighted by atomic mass is 32.2. The molecule has 7 heteroatoms. The molecule has 0 unspecified atom stereocenters. The third-order valence-corrected chi connectivity index (χ3v) is 5.78. The van der Waals surface area contributed by atoms with Gasteiger partial charge < -0.3 is 4.90 Å². The van der Waals surface area contributed by atoms with Crippen LogP contribution in [0.4, 0.5) is 5.82 Å². The molecule has 3 rings (SSSR count). The van der Waals surface area contributed by atoms with Crippen molar-refractivity contribution in [1.82, 2.24) is 14.3 Å². The zero-order valence-corrected chi connectivity index (χ0v) is 14.1. The minimum Gasteiger partial charge on any atom is -0.357 e. The van der Waals surface area contributed by atoms with Crippen LogP contribution in [-0.4, -0.2) is 55.1 Å². The van der Waals surface area contributed by atoms with Crippen LogP contribution in [0.2, 0.25) is 0 Å². The molecule has 3 heterocycles. The fourth-order valence-corrected chi connectivity index (χ4v) is 4.23. The quantitative estimate of drug-likeness (QED) is 0.843. The minimum atomic E-state index is -3.14. The Morgan fingerprint density at radius 3 is 2.55 bits per heavy atom. The van der Waals surface area contributed by atoms with E-state index in [0.29, 0.717) is 13.1 Å². The second-order valence-corrected chi connectivity index (χ2v) is 8.36. The molecule has 2 aliphatic rings. The first-order valence-corrected chi connectivity index (χ1v) is 9.84. The fraction of sp³-hybridized carbons (Fsp3) is 0.733. The smallest absolute Gasteiger partial charge is 0.211 e. The average molecular weight is 324 g/mol. The SMILES string of the molecule is Cc1cc(N2CCCC2)nc([C@@H]2CCCN(S(C)(=O)=O)C2)n1. The van der Waals surface area contributed by atoms with Crippen LogP contribution < -0.4 is 4.90 Å². The Kier molecular flexibility index (Phi) is 4.36. The van der Waals surface area contributed by atoms with Gasteiger partial charge in [-0.3, -0.25) is 0 Å². The van der Waals surface area contributed by atoms with Crippen molar-refractivity contribution in [3.63, 3.8) is 0 Å². The highest BCUT2D eigenvalue weighted by molar-refractivity contribution is 7.88. The van der Waals surface area contributed by atoms with Gasteiger partial charge in [-0.05, 0) is 32.6 Å². The average Bonchev–Trinajstić information content (AvgIpc) is 3.00. The van der Waals surface area contributed by atoms with E-state index < -0.39 is 10.0 Å². The molecule has 122 valence electrons. The van der Waals surface area contributed by atoms with Crippen LogP contribution in [0.25, 0.3) is 0 Å². The number of rotatable bonds is 3. The van der Waals surface area contributed by atoms with Crippen molar-refractivity contribution in [2.45, 2.75) is 38.5 Å². The summed E-state index contributed by atoms with van der Waals surface area (Å²) in [6.07, 6.45) is 5.53. The molecule has 1 aromatic rings. The predicted octanol–water partition coefficient (Wildman–Crippen LogP) is 1.52. The van der Waals surface area contributed by atoms with E-state index in [1.54, 1.807) is 4.31 Å². The first-order valence-electron chi connectivity index (χ1n) is 7.99.